The molecule has 0 bridgehead atoms. The van der Waals surface area contributed by atoms with Crippen LogP contribution < -0.4 is 14.8 Å². The van der Waals surface area contributed by atoms with E-state index in [0.29, 0.717) is 19.1 Å². The summed E-state index contributed by atoms with van der Waals surface area (Å²) >= 11 is 1.58. The third kappa shape index (κ3) is 6.58. The van der Waals surface area contributed by atoms with Crippen LogP contribution in [-0.4, -0.2) is 29.1 Å². The lowest BCUT2D eigenvalue weighted by Gasteiger charge is -2.16. The number of nitrogens with one attached hydrogen (secondary N) is 1. The molecular weight excluding hydrogens is 470 g/mol. The molecule has 2 heterocycles. The molecule has 3 aromatic rings. The van der Waals surface area contributed by atoms with Crippen molar-refractivity contribution in [2.75, 3.05) is 13.7 Å². The lowest BCUT2D eigenvalue weighted by molar-refractivity contribution is 0.0948. The molecule has 0 fully saturated rings. The SMILES string of the molecule is COc1ccc(OCc2nc(-c3cc(C(=O)NCC(C)C)c(C)n3CCC3=CCCCC3)cs2)cc1. The van der Waals surface area contributed by atoms with E-state index in [2.05, 4.69) is 35.2 Å². The van der Waals surface area contributed by atoms with Gasteiger partial charge in [0.25, 0.3) is 5.91 Å². The molecule has 1 N–H and O–H groups in total. The first kappa shape index (κ1) is 26.0. The first-order valence-corrected chi connectivity index (χ1v) is 13.7. The molecule has 1 aliphatic carbocycles. The number of ether oxygens (including phenoxy) is 2. The summed E-state index contributed by atoms with van der Waals surface area (Å²) in [6, 6.07) is 9.55. The third-order valence-electron chi connectivity index (χ3n) is 6.56. The molecule has 0 spiro atoms. The van der Waals surface area contributed by atoms with Gasteiger partial charge in [-0.05, 0) is 75.3 Å². The number of carbonyl (C=O) groups excluding carboxylic acids is 1. The number of hydrogen-bond acceptors (Lipinski definition) is 5. The van der Waals surface area contributed by atoms with Gasteiger partial charge in [0.05, 0.1) is 24.1 Å². The van der Waals surface area contributed by atoms with Gasteiger partial charge in [-0.1, -0.05) is 25.5 Å². The third-order valence-corrected chi connectivity index (χ3v) is 7.38. The standard InChI is InChI=1S/C29H37N3O3S/c1-20(2)17-30-29(33)25-16-27(32(21(25)3)15-14-22-8-6-5-7-9-22)26-19-36-28(31-26)18-35-24-12-10-23(34-4)11-13-24/h8,10-13,16,19-20H,5-7,9,14-15,17-18H2,1-4H3,(H,30,33). The Balaban J connectivity index is 1.54. The Morgan fingerprint density at radius 2 is 1.97 bits per heavy atom. The van der Waals surface area contributed by atoms with Gasteiger partial charge in [0, 0.05) is 24.2 Å². The zero-order valence-electron chi connectivity index (χ0n) is 21.8. The Hall–Kier alpha value is -3.06. The van der Waals surface area contributed by atoms with Gasteiger partial charge < -0.3 is 19.4 Å². The fraction of sp³-hybridized carbons (Fsp3) is 0.448. The van der Waals surface area contributed by atoms with E-state index in [-0.39, 0.29) is 5.91 Å². The minimum atomic E-state index is -0.0172. The van der Waals surface area contributed by atoms with Crippen LogP contribution in [0.15, 0.2) is 47.4 Å². The largest absolute Gasteiger partial charge is 0.497 e. The molecule has 0 saturated heterocycles. The molecule has 0 atom stereocenters. The van der Waals surface area contributed by atoms with Gasteiger partial charge in [-0.25, -0.2) is 4.98 Å². The second-order valence-electron chi connectivity index (χ2n) is 9.73. The fourth-order valence-corrected chi connectivity index (χ4v) is 5.17. The van der Waals surface area contributed by atoms with Gasteiger partial charge in [-0.15, -0.1) is 11.3 Å². The van der Waals surface area contributed by atoms with Crippen LogP contribution in [0.5, 0.6) is 11.5 Å². The smallest absolute Gasteiger partial charge is 0.253 e. The molecule has 192 valence electrons. The molecule has 1 amide bonds. The summed E-state index contributed by atoms with van der Waals surface area (Å²) in [5.74, 6) is 1.96. The van der Waals surface area contributed by atoms with Crippen molar-refractivity contribution in [3.63, 3.8) is 0 Å². The Morgan fingerprint density at radius 3 is 2.67 bits per heavy atom. The zero-order chi connectivity index (χ0) is 25.5. The lowest BCUT2D eigenvalue weighted by atomic mass is 9.97. The molecule has 2 aromatic heterocycles. The molecule has 0 unspecified atom stereocenters. The number of hydrogen-bond donors (Lipinski definition) is 1. The highest BCUT2D eigenvalue weighted by Crippen LogP contribution is 2.30. The van der Waals surface area contributed by atoms with Crippen molar-refractivity contribution in [3.8, 4) is 22.9 Å². The molecule has 7 heteroatoms. The van der Waals surface area contributed by atoms with E-state index in [1.807, 2.05) is 37.3 Å². The topological polar surface area (TPSA) is 65.4 Å². The molecule has 0 saturated carbocycles. The number of aromatic nitrogens is 2. The quantitative estimate of drug-likeness (QED) is 0.290. The highest BCUT2D eigenvalue weighted by atomic mass is 32.1. The summed E-state index contributed by atoms with van der Waals surface area (Å²) in [5, 5.41) is 6.04. The van der Waals surface area contributed by atoms with Crippen molar-refractivity contribution < 1.29 is 14.3 Å². The predicted molar refractivity (Wildman–Crippen MR) is 146 cm³/mol. The van der Waals surface area contributed by atoms with Crippen molar-refractivity contribution in [1.82, 2.24) is 14.9 Å². The number of rotatable bonds is 11. The molecule has 1 aromatic carbocycles. The van der Waals surface area contributed by atoms with Crippen molar-refractivity contribution >= 4 is 17.2 Å². The monoisotopic (exact) mass is 507 g/mol. The zero-order valence-corrected chi connectivity index (χ0v) is 22.6. The summed E-state index contributed by atoms with van der Waals surface area (Å²) in [6.45, 7) is 8.15. The maximum absolute atomic E-state index is 13.0. The number of amides is 1. The maximum Gasteiger partial charge on any atom is 0.253 e. The van der Waals surface area contributed by atoms with E-state index in [1.165, 1.54) is 31.3 Å². The van der Waals surface area contributed by atoms with Gasteiger partial charge >= 0.3 is 0 Å². The normalized spacial score (nSPS) is 13.5. The van der Waals surface area contributed by atoms with E-state index in [0.717, 1.165) is 52.1 Å². The van der Waals surface area contributed by atoms with Crippen LogP contribution in [0.1, 0.15) is 67.0 Å². The van der Waals surface area contributed by atoms with E-state index in [9.17, 15) is 4.79 Å². The average molecular weight is 508 g/mol. The van der Waals surface area contributed by atoms with Crippen LogP contribution in [0.2, 0.25) is 0 Å². The number of carbonyl (C=O) groups is 1. The lowest BCUT2D eigenvalue weighted by Crippen LogP contribution is -2.27. The van der Waals surface area contributed by atoms with Crippen LogP contribution in [0.3, 0.4) is 0 Å². The highest BCUT2D eigenvalue weighted by Gasteiger charge is 2.21. The molecule has 36 heavy (non-hydrogen) atoms. The predicted octanol–water partition coefficient (Wildman–Crippen LogP) is 6.78. The Kier molecular flexibility index (Phi) is 8.86. The second-order valence-corrected chi connectivity index (χ2v) is 10.7. The van der Waals surface area contributed by atoms with E-state index < -0.39 is 0 Å². The molecule has 1 aliphatic rings. The number of methoxy groups -OCH3 is 1. The van der Waals surface area contributed by atoms with Crippen molar-refractivity contribution in [2.24, 2.45) is 5.92 Å². The molecule has 0 radical (unpaired) electrons. The maximum atomic E-state index is 13.0. The van der Waals surface area contributed by atoms with E-state index in [1.54, 1.807) is 18.4 Å². The van der Waals surface area contributed by atoms with Gasteiger partial charge in [0.2, 0.25) is 0 Å². The highest BCUT2D eigenvalue weighted by molar-refractivity contribution is 7.09. The number of thiazole rings is 1. The molecule has 0 aliphatic heterocycles. The summed E-state index contributed by atoms with van der Waals surface area (Å²) in [7, 11) is 1.65. The summed E-state index contributed by atoms with van der Waals surface area (Å²) in [4.78, 5) is 17.9. The van der Waals surface area contributed by atoms with Crippen LogP contribution in [0, 0.1) is 12.8 Å². The van der Waals surface area contributed by atoms with E-state index >= 15 is 0 Å². The molecule has 4 rings (SSSR count). The van der Waals surface area contributed by atoms with Crippen LogP contribution in [0.4, 0.5) is 0 Å². The second kappa shape index (κ2) is 12.3. The molecular formula is C29H37N3O3S. The summed E-state index contributed by atoms with van der Waals surface area (Å²) in [5.41, 5.74) is 5.12. The minimum absolute atomic E-state index is 0.0172. The Labute approximate surface area is 218 Å². The van der Waals surface area contributed by atoms with Gasteiger partial charge in [-0.3, -0.25) is 4.79 Å². The van der Waals surface area contributed by atoms with Crippen molar-refractivity contribution in [2.45, 2.75) is 66.0 Å². The van der Waals surface area contributed by atoms with Crippen molar-refractivity contribution in [3.05, 3.63) is 63.6 Å². The van der Waals surface area contributed by atoms with Crippen LogP contribution >= 0.6 is 11.3 Å². The van der Waals surface area contributed by atoms with Gasteiger partial charge in [0.1, 0.15) is 23.1 Å². The number of benzene rings is 1. The Bertz CT molecular complexity index is 1190. The first-order valence-electron chi connectivity index (χ1n) is 12.8. The summed E-state index contributed by atoms with van der Waals surface area (Å²) < 4.78 is 13.4. The van der Waals surface area contributed by atoms with Crippen LogP contribution in [0.25, 0.3) is 11.4 Å². The molecule has 6 nitrogen and oxygen atoms in total. The number of allylic oxidation sites excluding steroid dienone is 2. The first-order chi connectivity index (χ1) is 17.4. The fourth-order valence-electron chi connectivity index (χ4n) is 4.47. The van der Waals surface area contributed by atoms with Crippen molar-refractivity contribution in [1.29, 1.82) is 0 Å². The van der Waals surface area contributed by atoms with Gasteiger partial charge in [0.15, 0.2) is 0 Å². The minimum Gasteiger partial charge on any atom is -0.497 e. The van der Waals surface area contributed by atoms with Crippen LogP contribution in [-0.2, 0) is 13.2 Å². The average Bonchev–Trinajstić information content (AvgIpc) is 3.50. The summed E-state index contributed by atoms with van der Waals surface area (Å²) in [6.07, 6.45) is 8.33. The van der Waals surface area contributed by atoms with E-state index in [4.69, 9.17) is 14.5 Å². The van der Waals surface area contributed by atoms with Gasteiger partial charge in [-0.2, -0.15) is 0 Å². The number of nitrogens with zero attached hydrogens (tertiary/aromatic N) is 2. The Morgan fingerprint density at radius 1 is 1.19 bits per heavy atom.